The van der Waals surface area contributed by atoms with Crippen LogP contribution in [-0.4, -0.2) is 22.7 Å². The van der Waals surface area contributed by atoms with Gasteiger partial charge in [0.05, 0.1) is 5.92 Å². The monoisotopic (exact) mass is 337 g/mol. The minimum atomic E-state index is -0.368. The Morgan fingerprint density at radius 1 is 1.22 bits per heavy atom. The maximum atomic E-state index is 12.0. The number of ether oxygens (including phenoxy) is 1. The van der Waals surface area contributed by atoms with Gasteiger partial charge in [-0.05, 0) is 30.7 Å². The van der Waals surface area contributed by atoms with E-state index < -0.39 is 0 Å². The van der Waals surface area contributed by atoms with Crippen LogP contribution in [0.3, 0.4) is 0 Å². The van der Waals surface area contributed by atoms with E-state index in [0.717, 1.165) is 12.8 Å². The molecule has 0 heterocycles. The number of hydrogen-bond donors (Lipinski definition) is 1. The van der Waals surface area contributed by atoms with E-state index in [0.29, 0.717) is 23.6 Å². The first kappa shape index (κ1) is 19.2. The van der Waals surface area contributed by atoms with Crippen molar-refractivity contribution in [3.63, 3.8) is 0 Å². The van der Waals surface area contributed by atoms with Crippen molar-refractivity contribution in [2.45, 2.75) is 40.0 Å². The van der Waals surface area contributed by atoms with E-state index in [2.05, 4.69) is 5.32 Å². The molecule has 5 nitrogen and oxygen atoms in total. The van der Waals surface area contributed by atoms with E-state index in [4.69, 9.17) is 4.74 Å². The fourth-order valence-electron chi connectivity index (χ4n) is 1.71. The first-order valence-electron chi connectivity index (χ1n) is 7.67. The number of carbonyl (C=O) groups is 3. The average molecular weight is 337 g/mol. The van der Waals surface area contributed by atoms with Gasteiger partial charge in [0, 0.05) is 24.8 Å². The lowest BCUT2D eigenvalue weighted by Crippen LogP contribution is -2.20. The standard InChI is InChI=1S/C17H23NO4S/c1-4-5-6-16(20)23-11-12(2)17(21)22-15-9-7-14(8-10-15)18-13(3)19/h7-10,12H,4-6,11H2,1-3H3,(H,18,19). The minimum Gasteiger partial charge on any atom is -0.426 e. The van der Waals surface area contributed by atoms with Crippen molar-refractivity contribution >= 4 is 34.4 Å². The lowest BCUT2D eigenvalue weighted by molar-refractivity contribution is -0.137. The van der Waals surface area contributed by atoms with E-state index in [1.165, 1.54) is 18.7 Å². The number of nitrogens with one attached hydrogen (secondary N) is 1. The smallest absolute Gasteiger partial charge is 0.314 e. The Kier molecular flexibility index (Phi) is 8.40. The summed E-state index contributed by atoms with van der Waals surface area (Å²) < 4.78 is 5.27. The fourth-order valence-corrected chi connectivity index (χ4v) is 2.57. The second kappa shape index (κ2) is 10.0. The molecule has 0 aliphatic rings. The molecule has 0 radical (unpaired) electrons. The third-order valence-corrected chi connectivity index (χ3v) is 4.22. The van der Waals surface area contributed by atoms with Crippen LogP contribution < -0.4 is 10.1 Å². The molecule has 1 rings (SSSR count). The third-order valence-electron chi connectivity index (χ3n) is 3.02. The first-order valence-corrected chi connectivity index (χ1v) is 8.66. The molecule has 0 aliphatic carbocycles. The Labute approximate surface area is 141 Å². The maximum Gasteiger partial charge on any atom is 0.314 e. The summed E-state index contributed by atoms with van der Waals surface area (Å²) in [7, 11) is 0. The Bertz CT molecular complexity index is 542. The van der Waals surface area contributed by atoms with Crippen molar-refractivity contribution in [2.24, 2.45) is 5.92 Å². The number of anilines is 1. The summed E-state index contributed by atoms with van der Waals surface area (Å²) in [5.74, 6) is -0.0502. The summed E-state index contributed by atoms with van der Waals surface area (Å²) in [6, 6.07) is 6.57. The molecule has 0 bridgehead atoms. The van der Waals surface area contributed by atoms with Crippen molar-refractivity contribution < 1.29 is 19.1 Å². The van der Waals surface area contributed by atoms with Gasteiger partial charge in [0.1, 0.15) is 5.75 Å². The molecule has 1 amide bonds. The van der Waals surface area contributed by atoms with Crippen molar-refractivity contribution in [1.29, 1.82) is 0 Å². The molecule has 1 unspecified atom stereocenters. The van der Waals surface area contributed by atoms with Gasteiger partial charge < -0.3 is 10.1 Å². The van der Waals surface area contributed by atoms with Crippen LogP contribution in [0.25, 0.3) is 0 Å². The molecule has 126 valence electrons. The van der Waals surface area contributed by atoms with E-state index >= 15 is 0 Å². The van der Waals surface area contributed by atoms with Crippen LogP contribution in [-0.2, 0) is 14.4 Å². The van der Waals surface area contributed by atoms with Crippen LogP contribution in [0.1, 0.15) is 40.0 Å². The second-order valence-electron chi connectivity index (χ2n) is 5.31. The molecule has 0 saturated carbocycles. The maximum absolute atomic E-state index is 12.0. The Morgan fingerprint density at radius 3 is 2.43 bits per heavy atom. The molecule has 1 aromatic rings. The quantitative estimate of drug-likeness (QED) is 0.579. The number of benzene rings is 1. The van der Waals surface area contributed by atoms with E-state index in [-0.39, 0.29) is 22.9 Å². The van der Waals surface area contributed by atoms with Gasteiger partial charge in [0.15, 0.2) is 5.12 Å². The fraction of sp³-hybridized carbons (Fsp3) is 0.471. The number of rotatable bonds is 8. The van der Waals surface area contributed by atoms with Gasteiger partial charge in [-0.2, -0.15) is 0 Å². The van der Waals surface area contributed by atoms with Crippen LogP contribution >= 0.6 is 11.8 Å². The Morgan fingerprint density at radius 2 is 1.87 bits per heavy atom. The number of thioether (sulfide) groups is 1. The predicted molar refractivity (Wildman–Crippen MR) is 92.5 cm³/mol. The molecule has 0 aliphatic heterocycles. The van der Waals surface area contributed by atoms with Crippen molar-refractivity contribution in [1.82, 2.24) is 0 Å². The molecule has 0 fully saturated rings. The molecule has 0 spiro atoms. The lowest BCUT2D eigenvalue weighted by Gasteiger charge is -2.11. The number of hydrogen-bond acceptors (Lipinski definition) is 5. The van der Waals surface area contributed by atoms with Crippen LogP contribution in [0.15, 0.2) is 24.3 Å². The van der Waals surface area contributed by atoms with E-state index in [1.807, 2.05) is 6.92 Å². The highest BCUT2D eigenvalue weighted by atomic mass is 32.2. The van der Waals surface area contributed by atoms with Gasteiger partial charge in [-0.1, -0.05) is 32.0 Å². The summed E-state index contributed by atoms with van der Waals surface area (Å²) in [4.78, 5) is 34.5. The number of amides is 1. The van der Waals surface area contributed by atoms with Crippen molar-refractivity contribution in [3.05, 3.63) is 24.3 Å². The zero-order chi connectivity index (χ0) is 17.2. The molecule has 6 heteroatoms. The molecule has 0 saturated heterocycles. The summed E-state index contributed by atoms with van der Waals surface area (Å²) in [6.45, 7) is 5.21. The number of unbranched alkanes of at least 4 members (excludes halogenated alkanes) is 1. The zero-order valence-electron chi connectivity index (χ0n) is 13.8. The van der Waals surface area contributed by atoms with Crippen LogP contribution in [0.2, 0.25) is 0 Å². The molecule has 1 aromatic carbocycles. The largest absolute Gasteiger partial charge is 0.426 e. The molecule has 0 aromatic heterocycles. The van der Waals surface area contributed by atoms with Gasteiger partial charge in [-0.25, -0.2) is 0 Å². The number of carbonyl (C=O) groups excluding carboxylic acids is 3. The van der Waals surface area contributed by atoms with Gasteiger partial charge in [0.2, 0.25) is 5.91 Å². The molecule has 1 N–H and O–H groups in total. The topological polar surface area (TPSA) is 72.5 Å². The highest BCUT2D eigenvalue weighted by Crippen LogP contribution is 2.19. The van der Waals surface area contributed by atoms with Crippen molar-refractivity contribution in [2.75, 3.05) is 11.1 Å². The first-order chi connectivity index (χ1) is 10.9. The van der Waals surface area contributed by atoms with Gasteiger partial charge in [0.25, 0.3) is 0 Å². The molecule has 1 atom stereocenters. The number of esters is 1. The third kappa shape index (κ3) is 7.83. The normalized spacial score (nSPS) is 11.6. The molecule has 23 heavy (non-hydrogen) atoms. The molecular weight excluding hydrogens is 314 g/mol. The summed E-state index contributed by atoms with van der Waals surface area (Å²) >= 11 is 1.19. The van der Waals surface area contributed by atoms with Crippen LogP contribution in [0.5, 0.6) is 5.75 Å². The van der Waals surface area contributed by atoms with Gasteiger partial charge in [-0.15, -0.1) is 0 Å². The minimum absolute atomic E-state index is 0.117. The SMILES string of the molecule is CCCCC(=O)SCC(C)C(=O)Oc1ccc(NC(C)=O)cc1. The van der Waals surface area contributed by atoms with E-state index in [1.54, 1.807) is 31.2 Å². The highest BCUT2D eigenvalue weighted by Gasteiger charge is 2.17. The highest BCUT2D eigenvalue weighted by molar-refractivity contribution is 8.13. The summed E-state index contributed by atoms with van der Waals surface area (Å²) in [5.41, 5.74) is 0.641. The Balaban J connectivity index is 2.42. The predicted octanol–water partition coefficient (Wildman–Crippen LogP) is 3.64. The summed E-state index contributed by atoms with van der Waals surface area (Å²) in [6.07, 6.45) is 2.41. The Hall–Kier alpha value is -1.82. The van der Waals surface area contributed by atoms with Crippen LogP contribution in [0, 0.1) is 5.92 Å². The molecular formula is C17H23NO4S. The average Bonchev–Trinajstić information content (AvgIpc) is 2.51. The van der Waals surface area contributed by atoms with Crippen LogP contribution in [0.4, 0.5) is 5.69 Å². The lowest BCUT2D eigenvalue weighted by atomic mass is 10.2. The van der Waals surface area contributed by atoms with Crippen molar-refractivity contribution in [3.8, 4) is 5.75 Å². The summed E-state index contributed by atoms with van der Waals surface area (Å²) in [5, 5.41) is 2.75. The van der Waals surface area contributed by atoms with Gasteiger partial charge in [-0.3, -0.25) is 14.4 Å². The van der Waals surface area contributed by atoms with Gasteiger partial charge >= 0.3 is 5.97 Å². The van der Waals surface area contributed by atoms with E-state index in [9.17, 15) is 14.4 Å². The zero-order valence-corrected chi connectivity index (χ0v) is 14.6. The second-order valence-corrected chi connectivity index (χ2v) is 6.39.